The van der Waals surface area contributed by atoms with Crippen LogP contribution in [0, 0.1) is 11.3 Å². The highest BCUT2D eigenvalue weighted by Gasteiger charge is 2.11. The number of nitrogens with zero attached hydrogens (tertiary/aromatic N) is 5. The first kappa shape index (κ1) is 13.7. The van der Waals surface area contributed by atoms with Gasteiger partial charge >= 0.3 is 6.09 Å². The van der Waals surface area contributed by atoms with Gasteiger partial charge in [-0.25, -0.2) is 14.8 Å². The van der Waals surface area contributed by atoms with Crippen LogP contribution in [-0.4, -0.2) is 52.7 Å². The second-order valence-electron chi connectivity index (χ2n) is 3.64. The summed E-state index contributed by atoms with van der Waals surface area (Å²) < 4.78 is 0. The lowest BCUT2D eigenvalue weighted by atomic mass is 10.4. The van der Waals surface area contributed by atoms with Crippen LogP contribution in [-0.2, 0) is 0 Å². The van der Waals surface area contributed by atoms with Crippen LogP contribution in [0.25, 0.3) is 0 Å². The summed E-state index contributed by atoms with van der Waals surface area (Å²) >= 11 is 0. The van der Waals surface area contributed by atoms with Gasteiger partial charge in [-0.05, 0) is 13.0 Å². The van der Waals surface area contributed by atoms with Crippen LogP contribution >= 0.6 is 0 Å². The third-order valence-electron chi connectivity index (χ3n) is 2.46. The van der Waals surface area contributed by atoms with Crippen LogP contribution in [0.15, 0.2) is 12.3 Å². The molecule has 0 aromatic carbocycles. The number of anilines is 1. The Labute approximate surface area is 105 Å². The fraction of sp³-hybridized carbons (Fsp3) is 0.455. The topological polar surface area (TPSA) is 93.4 Å². The Morgan fingerprint density at radius 1 is 1.56 bits per heavy atom. The summed E-state index contributed by atoms with van der Waals surface area (Å²) in [5, 5.41) is 17.6. The van der Waals surface area contributed by atoms with Gasteiger partial charge in [-0.3, -0.25) is 0 Å². The lowest BCUT2D eigenvalue weighted by Gasteiger charge is -2.22. The maximum atomic E-state index is 10.8. The van der Waals surface area contributed by atoms with Crippen molar-refractivity contribution < 1.29 is 9.90 Å². The second-order valence-corrected chi connectivity index (χ2v) is 3.64. The molecule has 0 atom stereocenters. The minimum absolute atomic E-state index is 0.289. The van der Waals surface area contributed by atoms with E-state index in [1.54, 1.807) is 18.9 Å². The zero-order valence-corrected chi connectivity index (χ0v) is 10.4. The van der Waals surface area contributed by atoms with Crippen molar-refractivity contribution in [2.24, 2.45) is 0 Å². The monoisotopic (exact) mass is 249 g/mol. The molecular weight excluding hydrogens is 234 g/mol. The molecule has 0 bridgehead atoms. The van der Waals surface area contributed by atoms with E-state index in [0.29, 0.717) is 25.6 Å². The molecule has 1 heterocycles. The molecule has 1 aromatic heterocycles. The van der Waals surface area contributed by atoms with Crippen molar-refractivity contribution in [1.82, 2.24) is 14.9 Å². The molecule has 0 saturated heterocycles. The van der Waals surface area contributed by atoms with E-state index in [9.17, 15) is 4.79 Å². The summed E-state index contributed by atoms with van der Waals surface area (Å²) in [7, 11) is 1.76. The smallest absolute Gasteiger partial charge is 0.407 e. The van der Waals surface area contributed by atoms with Gasteiger partial charge in [-0.2, -0.15) is 5.26 Å². The molecule has 0 saturated carbocycles. The van der Waals surface area contributed by atoms with E-state index < -0.39 is 6.09 Å². The Morgan fingerprint density at radius 3 is 2.83 bits per heavy atom. The normalized spacial score (nSPS) is 9.61. The predicted octanol–water partition coefficient (Wildman–Crippen LogP) is 0.784. The van der Waals surface area contributed by atoms with Crippen LogP contribution in [0.5, 0.6) is 0 Å². The number of carboxylic acid groups (broad SMARTS) is 1. The van der Waals surface area contributed by atoms with Crippen molar-refractivity contribution in [2.75, 3.05) is 31.6 Å². The average Bonchev–Trinajstić information content (AvgIpc) is 2.38. The van der Waals surface area contributed by atoms with E-state index in [4.69, 9.17) is 10.4 Å². The van der Waals surface area contributed by atoms with Crippen LogP contribution in [0.1, 0.15) is 12.6 Å². The van der Waals surface area contributed by atoms with Crippen LogP contribution in [0.2, 0.25) is 0 Å². The van der Waals surface area contributed by atoms with Gasteiger partial charge in [-0.1, -0.05) is 0 Å². The summed E-state index contributed by atoms with van der Waals surface area (Å²) in [6.45, 7) is 3.04. The van der Waals surface area contributed by atoms with Gasteiger partial charge < -0.3 is 14.9 Å². The highest BCUT2D eigenvalue weighted by Crippen LogP contribution is 2.04. The van der Waals surface area contributed by atoms with Gasteiger partial charge in [0.1, 0.15) is 11.8 Å². The SMILES string of the molecule is CCN(CCN(C)c1nccc(C#N)n1)C(=O)O. The summed E-state index contributed by atoms with van der Waals surface area (Å²) in [6.07, 6.45) is 0.559. The van der Waals surface area contributed by atoms with Crippen LogP contribution in [0.3, 0.4) is 0 Å². The highest BCUT2D eigenvalue weighted by molar-refractivity contribution is 5.64. The fourth-order valence-corrected chi connectivity index (χ4v) is 1.35. The Bertz CT molecular complexity index is 457. The Balaban J connectivity index is 2.62. The van der Waals surface area contributed by atoms with Crippen molar-refractivity contribution in [3.8, 4) is 6.07 Å². The molecule has 1 rings (SSSR count). The number of aromatic nitrogens is 2. The number of nitriles is 1. The van der Waals surface area contributed by atoms with Gasteiger partial charge in [-0.15, -0.1) is 0 Å². The quantitative estimate of drug-likeness (QED) is 0.829. The van der Waals surface area contributed by atoms with Crippen molar-refractivity contribution in [3.63, 3.8) is 0 Å². The predicted molar refractivity (Wildman–Crippen MR) is 65.3 cm³/mol. The van der Waals surface area contributed by atoms with Gasteiger partial charge in [0.25, 0.3) is 0 Å². The molecule has 0 unspecified atom stereocenters. The highest BCUT2D eigenvalue weighted by atomic mass is 16.4. The molecule has 0 radical (unpaired) electrons. The summed E-state index contributed by atoms with van der Waals surface area (Å²) in [6, 6.07) is 3.45. The van der Waals surface area contributed by atoms with Crippen LogP contribution < -0.4 is 4.90 Å². The Morgan fingerprint density at radius 2 is 2.28 bits per heavy atom. The van der Waals surface area contributed by atoms with Crippen molar-refractivity contribution >= 4 is 12.0 Å². The van der Waals surface area contributed by atoms with Gasteiger partial charge in [0, 0.05) is 32.9 Å². The number of hydrogen-bond donors (Lipinski definition) is 1. The number of amides is 1. The largest absolute Gasteiger partial charge is 0.465 e. The average molecular weight is 249 g/mol. The number of likely N-dealkylation sites (N-methyl/N-ethyl adjacent to an activating group) is 2. The molecule has 7 heteroatoms. The zero-order chi connectivity index (χ0) is 13.5. The van der Waals surface area contributed by atoms with E-state index in [0.717, 1.165) is 0 Å². The van der Waals surface area contributed by atoms with E-state index in [-0.39, 0.29) is 5.69 Å². The maximum Gasteiger partial charge on any atom is 0.407 e. The lowest BCUT2D eigenvalue weighted by molar-refractivity contribution is 0.149. The minimum Gasteiger partial charge on any atom is -0.465 e. The Kier molecular flexibility index (Phi) is 4.87. The van der Waals surface area contributed by atoms with Crippen LogP contribution in [0.4, 0.5) is 10.7 Å². The second kappa shape index (κ2) is 6.39. The first-order valence-corrected chi connectivity index (χ1v) is 5.50. The molecule has 1 amide bonds. The molecule has 18 heavy (non-hydrogen) atoms. The first-order chi connectivity index (χ1) is 8.58. The van der Waals surface area contributed by atoms with Crippen molar-refractivity contribution in [2.45, 2.75) is 6.92 Å². The molecule has 0 fully saturated rings. The van der Waals surface area contributed by atoms with Crippen molar-refractivity contribution in [1.29, 1.82) is 5.26 Å². The van der Waals surface area contributed by atoms with Gasteiger partial charge in [0.05, 0.1) is 0 Å². The third-order valence-corrected chi connectivity index (χ3v) is 2.46. The molecule has 0 aliphatic carbocycles. The fourth-order valence-electron chi connectivity index (χ4n) is 1.35. The summed E-state index contributed by atoms with van der Waals surface area (Å²) in [5.74, 6) is 0.412. The molecular formula is C11H15N5O2. The molecule has 7 nitrogen and oxygen atoms in total. The van der Waals surface area contributed by atoms with Gasteiger partial charge in [0.15, 0.2) is 0 Å². The maximum absolute atomic E-state index is 10.8. The summed E-state index contributed by atoms with van der Waals surface area (Å²) in [4.78, 5) is 21.9. The van der Waals surface area contributed by atoms with E-state index in [1.807, 2.05) is 6.07 Å². The number of rotatable bonds is 5. The molecule has 96 valence electrons. The summed E-state index contributed by atoms with van der Waals surface area (Å²) in [5.41, 5.74) is 0.289. The molecule has 1 N–H and O–H groups in total. The molecule has 0 aliphatic rings. The molecule has 1 aromatic rings. The number of carbonyl (C=O) groups is 1. The standard InChI is InChI=1S/C11H15N5O2/c1-3-16(11(17)18)7-6-15(2)10-13-5-4-9(8-12)14-10/h4-5H,3,6-7H2,1-2H3,(H,17,18). The van der Waals surface area contributed by atoms with Gasteiger partial charge in [0.2, 0.25) is 5.95 Å². The Hall–Kier alpha value is -2.36. The van der Waals surface area contributed by atoms with E-state index >= 15 is 0 Å². The minimum atomic E-state index is -0.947. The first-order valence-electron chi connectivity index (χ1n) is 5.50. The zero-order valence-electron chi connectivity index (χ0n) is 10.4. The molecule has 0 aliphatic heterocycles. The van der Waals surface area contributed by atoms with E-state index in [2.05, 4.69) is 9.97 Å². The van der Waals surface area contributed by atoms with E-state index in [1.165, 1.54) is 17.2 Å². The van der Waals surface area contributed by atoms with Crippen molar-refractivity contribution in [3.05, 3.63) is 18.0 Å². The number of hydrogen-bond acceptors (Lipinski definition) is 5. The lowest BCUT2D eigenvalue weighted by Crippen LogP contribution is -2.37. The third kappa shape index (κ3) is 3.59. The molecule has 0 spiro atoms.